The first-order valence-electron chi connectivity index (χ1n) is 8.41. The second kappa shape index (κ2) is 10.3. The van der Waals surface area contributed by atoms with E-state index in [0.717, 1.165) is 4.57 Å². The maximum Gasteiger partial charge on any atom is 0.460 e. The third-order valence-electron chi connectivity index (χ3n) is 4.71. The number of benzene rings is 2. The number of halogens is 7. The van der Waals surface area contributed by atoms with Gasteiger partial charge in [-0.25, -0.2) is 0 Å². The number of hydrogen-bond donors (Lipinski definition) is 1. The van der Waals surface area contributed by atoms with Crippen molar-refractivity contribution in [3.05, 3.63) is 52.3 Å². The summed E-state index contributed by atoms with van der Waals surface area (Å²) in [7, 11) is 0. The van der Waals surface area contributed by atoms with Crippen LogP contribution in [0.15, 0.2) is 41.2 Å². The van der Waals surface area contributed by atoms with E-state index in [4.69, 9.17) is 0 Å². The Morgan fingerprint density at radius 2 is 1.52 bits per heavy atom. The number of aryl methyl sites for hydroxylation is 1. The van der Waals surface area contributed by atoms with Crippen molar-refractivity contribution < 1.29 is 101 Å². The van der Waals surface area contributed by atoms with Crippen molar-refractivity contribution in [2.24, 2.45) is 0 Å². The van der Waals surface area contributed by atoms with Gasteiger partial charge in [0.05, 0.1) is 5.52 Å². The fraction of sp³-hybridized carbons (Fsp3) is 0.263. The second-order valence-corrected chi connectivity index (χ2v) is 6.43. The molecule has 0 aliphatic carbocycles. The maximum absolute atomic E-state index is 14.0. The Morgan fingerprint density at radius 3 is 2.03 bits per heavy atom. The summed E-state index contributed by atoms with van der Waals surface area (Å²) >= 11 is 0. The van der Waals surface area contributed by atoms with Gasteiger partial charge >= 0.3 is 18.0 Å². The molecular formula is C19H16EuF7NO5. The Morgan fingerprint density at radius 1 is 0.970 bits per heavy atom. The average molecular weight is 623 g/mol. The van der Waals surface area contributed by atoms with Crippen LogP contribution in [0.4, 0.5) is 30.7 Å². The SMILES string of the molecule is CCn1c(=O)c(C(=O)C(F)(F)C(F)(F)C(F)(F)F)c(O)c2c3ccccc3ccc21.O.O.[Eu]. The zero-order chi connectivity index (χ0) is 22.6. The van der Waals surface area contributed by atoms with Crippen LogP contribution in [0.25, 0.3) is 21.7 Å². The zero-order valence-corrected chi connectivity index (χ0v) is 18.8. The topological polar surface area (TPSA) is 122 Å². The molecule has 5 N–H and O–H groups in total. The van der Waals surface area contributed by atoms with E-state index in [1.165, 1.54) is 31.2 Å². The van der Waals surface area contributed by atoms with Gasteiger partial charge in [-0.05, 0) is 23.8 Å². The van der Waals surface area contributed by atoms with Crippen molar-refractivity contribution >= 4 is 27.5 Å². The number of aromatic nitrogens is 1. The number of fused-ring (bicyclic) bond motifs is 3. The molecule has 6 nitrogen and oxygen atoms in total. The van der Waals surface area contributed by atoms with Gasteiger partial charge in [0.25, 0.3) is 5.56 Å². The monoisotopic (exact) mass is 624 g/mol. The first-order chi connectivity index (χ1) is 13.8. The van der Waals surface area contributed by atoms with Gasteiger partial charge in [-0.3, -0.25) is 9.59 Å². The van der Waals surface area contributed by atoms with Gasteiger partial charge < -0.3 is 20.6 Å². The first kappa shape index (κ1) is 31.4. The fourth-order valence-electron chi connectivity index (χ4n) is 3.20. The summed E-state index contributed by atoms with van der Waals surface area (Å²) in [6, 6.07) is 8.87. The van der Waals surface area contributed by atoms with E-state index < -0.39 is 40.7 Å². The first-order valence-corrected chi connectivity index (χ1v) is 8.41. The van der Waals surface area contributed by atoms with Gasteiger partial charge in [-0.15, -0.1) is 0 Å². The number of carbonyl (C=O) groups is 1. The number of rotatable bonds is 4. The van der Waals surface area contributed by atoms with E-state index >= 15 is 0 Å². The van der Waals surface area contributed by atoms with Crippen LogP contribution < -0.4 is 5.56 Å². The van der Waals surface area contributed by atoms with Gasteiger partial charge in [0.1, 0.15) is 11.3 Å². The molecule has 0 fully saturated rings. The maximum atomic E-state index is 14.0. The van der Waals surface area contributed by atoms with Crippen LogP contribution in [-0.4, -0.2) is 44.4 Å². The molecule has 33 heavy (non-hydrogen) atoms. The molecule has 14 heteroatoms. The molecule has 3 aromatic rings. The molecule has 1 aromatic heterocycles. The minimum atomic E-state index is -6.77. The van der Waals surface area contributed by atoms with Crippen LogP contribution in [-0.2, 0) is 6.54 Å². The number of nitrogens with zero attached hydrogens (tertiary/aromatic N) is 1. The van der Waals surface area contributed by atoms with Crippen LogP contribution in [0.2, 0.25) is 0 Å². The third kappa shape index (κ3) is 4.68. The minimum absolute atomic E-state index is 0. The van der Waals surface area contributed by atoms with Gasteiger partial charge in [0.2, 0.25) is 5.78 Å². The Bertz CT molecular complexity index is 1240. The van der Waals surface area contributed by atoms with E-state index in [2.05, 4.69) is 0 Å². The Hall–Kier alpha value is -1.61. The molecule has 0 aliphatic heterocycles. The molecule has 3 rings (SSSR count). The van der Waals surface area contributed by atoms with E-state index in [1.807, 2.05) is 0 Å². The largest absolute Gasteiger partial charge is 0.506 e. The van der Waals surface area contributed by atoms with Crippen molar-refractivity contribution in [3.63, 3.8) is 0 Å². The van der Waals surface area contributed by atoms with Crippen molar-refractivity contribution in [2.45, 2.75) is 31.5 Å². The molecule has 0 aliphatic rings. The van der Waals surface area contributed by atoms with Crippen molar-refractivity contribution in [3.8, 4) is 5.75 Å². The summed E-state index contributed by atoms with van der Waals surface area (Å²) in [6.07, 6.45) is -6.77. The van der Waals surface area contributed by atoms with E-state index in [-0.39, 0.29) is 83.2 Å². The normalized spacial score (nSPS) is 12.0. The molecule has 0 unspecified atom stereocenters. The summed E-state index contributed by atoms with van der Waals surface area (Å²) < 4.78 is 92.9. The summed E-state index contributed by atoms with van der Waals surface area (Å²) in [4.78, 5) is 24.7. The number of ketones is 1. The van der Waals surface area contributed by atoms with Crippen LogP contribution in [0.5, 0.6) is 5.75 Å². The van der Waals surface area contributed by atoms with Crippen LogP contribution in [0.1, 0.15) is 17.3 Å². The smallest absolute Gasteiger partial charge is 0.460 e. The molecule has 0 saturated carbocycles. The third-order valence-corrected chi connectivity index (χ3v) is 4.71. The Kier molecular flexibility index (Phi) is 9.84. The Labute approximate surface area is 221 Å². The molecule has 183 valence electrons. The molecule has 0 atom stereocenters. The fourth-order valence-corrected chi connectivity index (χ4v) is 3.20. The van der Waals surface area contributed by atoms with E-state index in [1.54, 1.807) is 12.1 Å². The molecule has 0 bridgehead atoms. The number of alkyl halides is 7. The summed E-state index contributed by atoms with van der Waals surface area (Å²) in [5, 5.41) is 10.8. The van der Waals surface area contributed by atoms with Gasteiger partial charge in [0.15, 0.2) is 0 Å². The molecule has 1 heterocycles. The quantitative estimate of drug-likeness (QED) is 0.273. The second-order valence-electron chi connectivity index (χ2n) is 6.43. The number of pyridine rings is 1. The summed E-state index contributed by atoms with van der Waals surface area (Å²) in [5.74, 6) is -17.6. The minimum Gasteiger partial charge on any atom is -0.506 e. The summed E-state index contributed by atoms with van der Waals surface area (Å²) in [5.41, 5.74) is -3.46. The molecule has 0 saturated heterocycles. The van der Waals surface area contributed by atoms with Crippen LogP contribution in [0.3, 0.4) is 0 Å². The predicted octanol–water partition coefficient (Wildman–Crippen LogP) is 3.25. The van der Waals surface area contributed by atoms with Crippen molar-refractivity contribution in [1.29, 1.82) is 0 Å². The molecule has 2 aromatic carbocycles. The van der Waals surface area contributed by atoms with E-state index in [9.17, 15) is 45.4 Å². The zero-order valence-electron chi connectivity index (χ0n) is 16.4. The predicted molar refractivity (Wildman–Crippen MR) is 101 cm³/mol. The summed E-state index contributed by atoms with van der Waals surface area (Å²) in [6.45, 7) is 1.12. The average Bonchev–Trinajstić information content (AvgIpc) is 2.66. The van der Waals surface area contributed by atoms with Crippen LogP contribution >= 0.6 is 0 Å². The van der Waals surface area contributed by atoms with Gasteiger partial charge in [0, 0.05) is 61.3 Å². The number of aromatic hydroxyl groups is 1. The number of hydrogen-bond acceptors (Lipinski definition) is 3. The van der Waals surface area contributed by atoms with Crippen molar-refractivity contribution in [2.75, 3.05) is 0 Å². The molecule has 1 radical (unpaired) electrons. The van der Waals surface area contributed by atoms with Crippen LogP contribution in [0, 0.1) is 49.4 Å². The molecule has 0 spiro atoms. The molecular weight excluding hydrogens is 607 g/mol. The van der Waals surface area contributed by atoms with Gasteiger partial charge in [-0.2, -0.15) is 30.7 Å². The van der Waals surface area contributed by atoms with Crippen molar-refractivity contribution in [1.82, 2.24) is 4.57 Å². The standard InChI is InChI=1S/C19H12F7NO3.Eu.2H2O/c1-2-27-11-8-7-9-5-3-4-6-10(9)12(11)14(28)13(16(27)30)15(29)17(20,21)18(22,23)19(24,25)26;;;/h3-8,28H,2H2,1H3;;2*1H2. The number of carbonyl (C=O) groups excluding carboxylic acids is 1. The molecule has 0 amide bonds. The van der Waals surface area contributed by atoms with E-state index in [0.29, 0.717) is 5.39 Å². The van der Waals surface area contributed by atoms with Gasteiger partial charge in [-0.1, -0.05) is 30.3 Å². The number of Topliss-reactive ketones (excluding diaryl/α,β-unsaturated/α-hetero) is 1. The Balaban J connectivity index is 0.00000341.